The molecule has 0 spiro atoms. The zero-order valence-electron chi connectivity index (χ0n) is 19.2. The van der Waals surface area contributed by atoms with Gasteiger partial charge in [0.05, 0.1) is 6.42 Å². The van der Waals surface area contributed by atoms with E-state index in [1.165, 1.54) is 0 Å². The lowest BCUT2D eigenvalue weighted by Crippen LogP contribution is -2.12. The first-order chi connectivity index (χ1) is 15.9. The fraction of sp³-hybridized carbons (Fsp3) is 0.207. The van der Waals surface area contributed by atoms with Gasteiger partial charge >= 0.3 is 5.97 Å². The molecule has 4 heteroatoms. The van der Waals surface area contributed by atoms with Gasteiger partial charge in [0.25, 0.3) is 0 Å². The van der Waals surface area contributed by atoms with Gasteiger partial charge < -0.3 is 14.9 Å². The van der Waals surface area contributed by atoms with E-state index in [1.54, 1.807) is 12.1 Å². The number of hydrogen-bond donors (Lipinski definition) is 2. The maximum Gasteiger partial charge on any atom is 0.315 e. The molecular formula is C29H28O4. The molecule has 0 saturated heterocycles. The normalized spacial score (nSPS) is 11.0. The molecule has 2 N–H and O–H groups in total. The Kier molecular flexibility index (Phi) is 6.36. The maximum atomic E-state index is 12.8. The molecule has 0 aromatic heterocycles. The van der Waals surface area contributed by atoms with Gasteiger partial charge in [0, 0.05) is 12.0 Å². The van der Waals surface area contributed by atoms with Gasteiger partial charge in [-0.2, -0.15) is 0 Å². The predicted octanol–water partition coefficient (Wildman–Crippen LogP) is 6.17. The highest BCUT2D eigenvalue weighted by molar-refractivity contribution is 5.89. The van der Waals surface area contributed by atoms with Crippen LogP contribution < -0.4 is 4.74 Å². The summed E-state index contributed by atoms with van der Waals surface area (Å²) in [6, 6.07) is 21.1. The van der Waals surface area contributed by atoms with Crippen LogP contribution in [0.3, 0.4) is 0 Å². The van der Waals surface area contributed by atoms with Gasteiger partial charge in [-0.3, -0.25) is 4.79 Å². The van der Waals surface area contributed by atoms with Crippen molar-refractivity contribution in [1.29, 1.82) is 0 Å². The Morgan fingerprint density at radius 1 is 0.818 bits per heavy atom. The number of carbonyl (C=O) groups excluding carboxylic acids is 1. The van der Waals surface area contributed by atoms with Gasteiger partial charge in [-0.15, -0.1) is 0 Å². The number of esters is 1. The van der Waals surface area contributed by atoms with Crippen molar-refractivity contribution >= 4 is 16.7 Å². The summed E-state index contributed by atoms with van der Waals surface area (Å²) in [6.45, 7) is 5.76. The lowest BCUT2D eigenvalue weighted by Gasteiger charge is -2.15. The molecule has 0 aliphatic rings. The van der Waals surface area contributed by atoms with Crippen LogP contribution in [0.4, 0.5) is 0 Å². The van der Waals surface area contributed by atoms with Crippen LogP contribution in [-0.4, -0.2) is 16.2 Å². The third-order valence-electron chi connectivity index (χ3n) is 6.23. The van der Waals surface area contributed by atoms with Crippen LogP contribution in [-0.2, 0) is 24.1 Å². The minimum absolute atomic E-state index is 0.150. The van der Waals surface area contributed by atoms with Crippen molar-refractivity contribution in [2.24, 2.45) is 0 Å². The number of carbonyl (C=O) groups is 1. The van der Waals surface area contributed by atoms with Crippen molar-refractivity contribution in [3.63, 3.8) is 0 Å². The van der Waals surface area contributed by atoms with E-state index in [1.807, 2.05) is 75.4 Å². The summed E-state index contributed by atoms with van der Waals surface area (Å²) in [5, 5.41) is 23.4. The van der Waals surface area contributed by atoms with E-state index in [0.29, 0.717) is 29.7 Å². The van der Waals surface area contributed by atoms with Gasteiger partial charge in [-0.1, -0.05) is 61.5 Å². The monoisotopic (exact) mass is 440 g/mol. The number of aryl methyl sites for hydroxylation is 2. The molecule has 4 aromatic carbocycles. The van der Waals surface area contributed by atoms with Crippen LogP contribution in [0.5, 0.6) is 17.2 Å². The first-order valence-electron chi connectivity index (χ1n) is 11.2. The molecule has 0 radical (unpaired) electrons. The molecule has 0 fully saturated rings. The van der Waals surface area contributed by atoms with E-state index >= 15 is 0 Å². The van der Waals surface area contributed by atoms with Gasteiger partial charge in [-0.25, -0.2) is 0 Å². The fourth-order valence-electron chi connectivity index (χ4n) is 4.17. The standard InChI is InChI=1S/C29H28O4/c1-4-20-15-25(16-24(29(20)32)14-23-13-12-18(2)19(3)28(23)31)33-27(30)17-22-10-7-9-21-8-5-6-11-26(21)22/h5-13,15-16,31-32H,4,14,17H2,1-3H3. The second kappa shape index (κ2) is 9.37. The number of ether oxygens (including phenoxy) is 1. The Morgan fingerprint density at radius 2 is 1.55 bits per heavy atom. The average molecular weight is 441 g/mol. The lowest BCUT2D eigenvalue weighted by atomic mass is 9.96. The second-order valence-electron chi connectivity index (χ2n) is 8.42. The number of hydrogen-bond acceptors (Lipinski definition) is 4. The van der Waals surface area contributed by atoms with Crippen molar-refractivity contribution < 1.29 is 19.7 Å². The van der Waals surface area contributed by atoms with E-state index in [4.69, 9.17) is 4.74 Å². The third-order valence-corrected chi connectivity index (χ3v) is 6.23. The van der Waals surface area contributed by atoms with Crippen LogP contribution in [0.2, 0.25) is 0 Å². The highest BCUT2D eigenvalue weighted by Crippen LogP contribution is 2.34. The van der Waals surface area contributed by atoms with Crippen molar-refractivity contribution in [2.45, 2.75) is 40.0 Å². The van der Waals surface area contributed by atoms with Crippen LogP contribution >= 0.6 is 0 Å². The summed E-state index contributed by atoms with van der Waals surface area (Å²) in [5.74, 6) is 0.432. The molecular weight excluding hydrogens is 412 g/mol. The van der Waals surface area contributed by atoms with Crippen LogP contribution in [0, 0.1) is 13.8 Å². The van der Waals surface area contributed by atoms with E-state index in [9.17, 15) is 15.0 Å². The molecule has 33 heavy (non-hydrogen) atoms. The summed E-state index contributed by atoms with van der Waals surface area (Å²) in [5.41, 5.74) is 4.76. The van der Waals surface area contributed by atoms with Gasteiger partial charge in [-0.05, 0) is 71.0 Å². The van der Waals surface area contributed by atoms with Crippen molar-refractivity contribution in [1.82, 2.24) is 0 Å². The first kappa shape index (κ1) is 22.4. The van der Waals surface area contributed by atoms with Crippen molar-refractivity contribution in [2.75, 3.05) is 0 Å². The molecule has 4 nitrogen and oxygen atoms in total. The molecule has 4 rings (SSSR count). The minimum Gasteiger partial charge on any atom is -0.507 e. The van der Waals surface area contributed by atoms with E-state index < -0.39 is 0 Å². The molecule has 0 aliphatic carbocycles. The topological polar surface area (TPSA) is 66.8 Å². The van der Waals surface area contributed by atoms with Gasteiger partial charge in [0.1, 0.15) is 17.2 Å². The SMILES string of the molecule is CCc1cc(OC(=O)Cc2cccc3ccccc23)cc(Cc2ccc(C)c(C)c2O)c1O. The molecule has 0 saturated carbocycles. The van der Waals surface area contributed by atoms with Crippen LogP contribution in [0.1, 0.15) is 40.3 Å². The molecule has 0 bridgehead atoms. The van der Waals surface area contributed by atoms with E-state index in [0.717, 1.165) is 33.0 Å². The molecule has 0 atom stereocenters. The average Bonchev–Trinajstić information content (AvgIpc) is 2.81. The molecule has 168 valence electrons. The fourth-order valence-corrected chi connectivity index (χ4v) is 4.17. The summed E-state index contributed by atoms with van der Waals surface area (Å²) in [6.07, 6.45) is 1.07. The number of benzene rings is 4. The van der Waals surface area contributed by atoms with Crippen molar-refractivity contribution in [3.8, 4) is 17.2 Å². The minimum atomic E-state index is -0.362. The van der Waals surface area contributed by atoms with Crippen LogP contribution in [0.15, 0.2) is 66.7 Å². The molecule has 4 aromatic rings. The highest BCUT2D eigenvalue weighted by atomic mass is 16.5. The highest BCUT2D eigenvalue weighted by Gasteiger charge is 2.16. The zero-order valence-corrected chi connectivity index (χ0v) is 19.2. The number of aromatic hydroxyl groups is 2. The Labute approximate surface area is 194 Å². The summed E-state index contributed by atoms with van der Waals surface area (Å²) < 4.78 is 5.70. The first-order valence-corrected chi connectivity index (χ1v) is 11.2. The number of fused-ring (bicyclic) bond motifs is 1. The maximum absolute atomic E-state index is 12.8. The Bertz CT molecular complexity index is 1330. The summed E-state index contributed by atoms with van der Waals surface area (Å²) in [4.78, 5) is 12.8. The Balaban J connectivity index is 1.60. The number of phenolic OH excluding ortho intramolecular Hbond substituents is 2. The van der Waals surface area contributed by atoms with E-state index in [-0.39, 0.29) is 23.9 Å². The third kappa shape index (κ3) is 4.70. The Hall–Kier alpha value is -3.79. The smallest absolute Gasteiger partial charge is 0.315 e. The number of phenols is 2. The largest absolute Gasteiger partial charge is 0.507 e. The lowest BCUT2D eigenvalue weighted by molar-refractivity contribution is -0.133. The van der Waals surface area contributed by atoms with Gasteiger partial charge in [0.2, 0.25) is 0 Å². The van der Waals surface area contributed by atoms with E-state index in [2.05, 4.69) is 0 Å². The van der Waals surface area contributed by atoms with Crippen LogP contribution in [0.25, 0.3) is 10.8 Å². The summed E-state index contributed by atoms with van der Waals surface area (Å²) in [7, 11) is 0. The summed E-state index contributed by atoms with van der Waals surface area (Å²) >= 11 is 0. The number of rotatable bonds is 6. The molecule has 0 aliphatic heterocycles. The molecule has 0 heterocycles. The van der Waals surface area contributed by atoms with Crippen molar-refractivity contribution in [3.05, 3.63) is 100 Å². The second-order valence-corrected chi connectivity index (χ2v) is 8.42. The quantitative estimate of drug-likeness (QED) is 0.278. The Morgan fingerprint density at radius 3 is 2.33 bits per heavy atom. The predicted molar refractivity (Wildman–Crippen MR) is 131 cm³/mol. The van der Waals surface area contributed by atoms with Gasteiger partial charge in [0.15, 0.2) is 0 Å². The molecule has 0 unspecified atom stereocenters. The zero-order chi connectivity index (χ0) is 23.5. The molecule has 0 amide bonds.